The minimum Gasteiger partial charge on any atom is -0.391 e. The van der Waals surface area contributed by atoms with Gasteiger partial charge in [0.05, 0.1) is 6.10 Å². The highest BCUT2D eigenvalue weighted by Crippen LogP contribution is 2.33. The Hall–Kier alpha value is -0.610. The number of rotatable bonds is 3. The monoisotopic (exact) mass is 198 g/mol. The molecule has 14 heavy (non-hydrogen) atoms. The molecule has 2 rings (SSSR count). The van der Waals surface area contributed by atoms with Crippen molar-refractivity contribution in [1.29, 1.82) is 0 Å². The number of β-amino-alcohol motifs (C(OH)–C–C–N with tert-alkyl or cyclic N) is 1. The van der Waals surface area contributed by atoms with Crippen molar-refractivity contribution in [2.75, 3.05) is 13.1 Å². The first-order valence-corrected chi connectivity index (χ1v) is 5.38. The molecular formula is C10H18N2O2. The van der Waals surface area contributed by atoms with Crippen molar-refractivity contribution < 1.29 is 9.90 Å². The Morgan fingerprint density at radius 3 is 2.71 bits per heavy atom. The molecule has 1 heterocycles. The van der Waals surface area contributed by atoms with Gasteiger partial charge in [0, 0.05) is 25.6 Å². The van der Waals surface area contributed by atoms with E-state index < -0.39 is 0 Å². The zero-order valence-corrected chi connectivity index (χ0v) is 8.35. The second-order valence-electron chi connectivity index (χ2n) is 4.49. The van der Waals surface area contributed by atoms with Gasteiger partial charge in [-0.2, -0.15) is 0 Å². The highest BCUT2D eigenvalue weighted by Gasteiger charge is 2.32. The number of likely N-dealkylation sites (tertiary alicyclic amines) is 1. The molecule has 80 valence electrons. The van der Waals surface area contributed by atoms with E-state index in [1.807, 2.05) is 0 Å². The van der Waals surface area contributed by atoms with Gasteiger partial charge in [0.2, 0.25) is 5.91 Å². The van der Waals surface area contributed by atoms with Crippen LogP contribution in [0.15, 0.2) is 0 Å². The molecule has 1 aliphatic carbocycles. The van der Waals surface area contributed by atoms with E-state index in [9.17, 15) is 9.90 Å². The van der Waals surface area contributed by atoms with E-state index in [0.717, 1.165) is 0 Å². The number of aliphatic hydroxyl groups is 1. The molecule has 0 radical (unpaired) electrons. The number of carbonyl (C=O) groups is 1. The fourth-order valence-corrected chi connectivity index (χ4v) is 1.99. The number of amides is 1. The molecule has 1 aliphatic heterocycles. The fraction of sp³-hybridized carbons (Fsp3) is 0.900. The quantitative estimate of drug-likeness (QED) is 0.654. The summed E-state index contributed by atoms with van der Waals surface area (Å²) >= 11 is 0. The molecule has 0 aromatic heterocycles. The minimum atomic E-state index is -0.323. The molecule has 1 saturated carbocycles. The number of hydrogen-bond acceptors (Lipinski definition) is 3. The van der Waals surface area contributed by atoms with Gasteiger partial charge in [-0.1, -0.05) is 0 Å². The first-order chi connectivity index (χ1) is 6.66. The largest absolute Gasteiger partial charge is 0.391 e. The van der Waals surface area contributed by atoms with Gasteiger partial charge in [-0.05, 0) is 25.2 Å². The number of nitrogens with two attached hydrogens (primary N) is 1. The van der Waals surface area contributed by atoms with Crippen LogP contribution in [0, 0.1) is 5.92 Å². The third-order valence-corrected chi connectivity index (χ3v) is 3.15. The first-order valence-electron chi connectivity index (χ1n) is 5.38. The van der Waals surface area contributed by atoms with Crippen LogP contribution in [0.3, 0.4) is 0 Å². The second-order valence-corrected chi connectivity index (χ2v) is 4.49. The topological polar surface area (TPSA) is 66.6 Å². The summed E-state index contributed by atoms with van der Waals surface area (Å²) in [5.74, 6) is 0.687. The maximum atomic E-state index is 11.7. The normalized spacial score (nSPS) is 29.3. The zero-order chi connectivity index (χ0) is 10.1. The van der Waals surface area contributed by atoms with Gasteiger partial charge < -0.3 is 15.7 Å². The average molecular weight is 198 g/mol. The highest BCUT2D eigenvalue weighted by atomic mass is 16.3. The Kier molecular flexibility index (Phi) is 2.74. The molecule has 2 fully saturated rings. The molecule has 0 aromatic carbocycles. The number of carbonyl (C=O) groups excluding carboxylic acids is 1. The van der Waals surface area contributed by atoms with Crippen molar-refractivity contribution >= 4 is 5.91 Å². The van der Waals surface area contributed by atoms with Gasteiger partial charge in [0.15, 0.2) is 0 Å². The van der Waals surface area contributed by atoms with Crippen molar-refractivity contribution in [3.8, 4) is 0 Å². The second kappa shape index (κ2) is 3.87. The Balaban J connectivity index is 1.77. The van der Waals surface area contributed by atoms with Crippen LogP contribution in [0.25, 0.3) is 0 Å². The lowest BCUT2D eigenvalue weighted by molar-refractivity contribution is -0.130. The van der Waals surface area contributed by atoms with Crippen molar-refractivity contribution in [2.24, 2.45) is 11.7 Å². The predicted octanol–water partition coefficient (Wildman–Crippen LogP) is -0.293. The molecular weight excluding hydrogens is 180 g/mol. The fourth-order valence-electron chi connectivity index (χ4n) is 1.99. The molecule has 1 amide bonds. The molecule has 0 aromatic rings. The first kappa shape index (κ1) is 9.93. The lowest BCUT2D eigenvalue weighted by Crippen LogP contribution is -2.35. The summed E-state index contributed by atoms with van der Waals surface area (Å²) in [6.45, 7) is 1.19. The molecule has 4 heteroatoms. The van der Waals surface area contributed by atoms with Crippen LogP contribution in [0.4, 0.5) is 0 Å². The molecule has 1 saturated heterocycles. The van der Waals surface area contributed by atoms with Gasteiger partial charge >= 0.3 is 0 Å². The Morgan fingerprint density at radius 2 is 2.21 bits per heavy atom. The predicted molar refractivity (Wildman–Crippen MR) is 52.5 cm³/mol. The van der Waals surface area contributed by atoms with Crippen molar-refractivity contribution in [2.45, 2.75) is 37.8 Å². The van der Waals surface area contributed by atoms with Crippen molar-refractivity contribution in [1.82, 2.24) is 4.90 Å². The van der Waals surface area contributed by atoms with Crippen LogP contribution in [0.5, 0.6) is 0 Å². The lowest BCUT2D eigenvalue weighted by atomic mass is 10.1. The molecule has 4 nitrogen and oxygen atoms in total. The summed E-state index contributed by atoms with van der Waals surface area (Å²) in [7, 11) is 0. The summed E-state index contributed by atoms with van der Waals surface area (Å²) in [6.07, 6.45) is 3.20. The molecule has 2 unspecified atom stereocenters. The molecule has 2 atom stereocenters. The average Bonchev–Trinajstić information content (AvgIpc) is 2.89. The number of nitrogens with zero attached hydrogens (tertiary/aromatic N) is 1. The lowest BCUT2D eigenvalue weighted by Gasteiger charge is -2.18. The maximum absolute atomic E-state index is 11.7. The van der Waals surface area contributed by atoms with E-state index in [0.29, 0.717) is 31.8 Å². The van der Waals surface area contributed by atoms with Gasteiger partial charge in [0.1, 0.15) is 0 Å². The Bertz CT molecular complexity index is 228. The summed E-state index contributed by atoms with van der Waals surface area (Å²) in [6, 6.07) is 0.0419. The number of hydrogen-bond donors (Lipinski definition) is 2. The molecule has 3 N–H and O–H groups in total. The van der Waals surface area contributed by atoms with Crippen molar-refractivity contribution in [3.63, 3.8) is 0 Å². The van der Waals surface area contributed by atoms with E-state index in [1.165, 1.54) is 12.8 Å². The third-order valence-electron chi connectivity index (χ3n) is 3.15. The third kappa shape index (κ3) is 2.25. The standard InChI is InChI=1S/C10H18N2O2/c11-9(7-1-2-7)5-10(14)12-4-3-8(13)6-12/h7-9,13H,1-6,11H2. The van der Waals surface area contributed by atoms with Crippen molar-refractivity contribution in [3.05, 3.63) is 0 Å². The maximum Gasteiger partial charge on any atom is 0.224 e. The number of aliphatic hydroxyl groups excluding tert-OH is 1. The molecule has 2 aliphatic rings. The molecule has 0 spiro atoms. The summed E-state index contributed by atoms with van der Waals surface area (Å²) in [5.41, 5.74) is 5.87. The van der Waals surface area contributed by atoms with Crippen LogP contribution in [0.1, 0.15) is 25.7 Å². The van der Waals surface area contributed by atoms with Gasteiger partial charge in [-0.15, -0.1) is 0 Å². The highest BCUT2D eigenvalue weighted by molar-refractivity contribution is 5.77. The summed E-state index contributed by atoms with van der Waals surface area (Å²) < 4.78 is 0. The van der Waals surface area contributed by atoms with Crippen LogP contribution in [-0.2, 0) is 4.79 Å². The smallest absolute Gasteiger partial charge is 0.224 e. The Morgan fingerprint density at radius 1 is 1.50 bits per heavy atom. The summed E-state index contributed by atoms with van der Waals surface area (Å²) in [4.78, 5) is 13.4. The SMILES string of the molecule is NC(CC(=O)N1CCC(O)C1)C1CC1. The van der Waals surface area contributed by atoms with Crippen LogP contribution in [0.2, 0.25) is 0 Å². The Labute approximate surface area is 84.1 Å². The van der Waals surface area contributed by atoms with Crippen LogP contribution in [-0.4, -0.2) is 41.1 Å². The van der Waals surface area contributed by atoms with Crippen LogP contribution >= 0.6 is 0 Å². The van der Waals surface area contributed by atoms with E-state index in [1.54, 1.807) is 4.90 Å². The van der Waals surface area contributed by atoms with Gasteiger partial charge in [0.25, 0.3) is 0 Å². The van der Waals surface area contributed by atoms with E-state index in [4.69, 9.17) is 5.73 Å². The minimum absolute atomic E-state index is 0.0419. The zero-order valence-electron chi connectivity index (χ0n) is 8.35. The van der Waals surface area contributed by atoms with E-state index in [2.05, 4.69) is 0 Å². The van der Waals surface area contributed by atoms with Gasteiger partial charge in [-0.3, -0.25) is 4.79 Å². The summed E-state index contributed by atoms with van der Waals surface area (Å²) in [5, 5.41) is 9.28. The van der Waals surface area contributed by atoms with Gasteiger partial charge in [-0.25, -0.2) is 0 Å². The molecule has 0 bridgehead atoms. The van der Waals surface area contributed by atoms with Crippen LogP contribution < -0.4 is 5.73 Å². The van der Waals surface area contributed by atoms with E-state index in [-0.39, 0.29) is 18.1 Å². The van der Waals surface area contributed by atoms with E-state index >= 15 is 0 Å².